The second-order valence-corrected chi connectivity index (χ2v) is 4.14. The van der Waals surface area contributed by atoms with Crippen molar-refractivity contribution in [3.63, 3.8) is 0 Å². The van der Waals surface area contributed by atoms with Crippen molar-refractivity contribution in [2.24, 2.45) is 0 Å². The predicted octanol–water partition coefficient (Wildman–Crippen LogP) is 2.03. The first kappa shape index (κ1) is 14.7. The number of hydrogen-bond acceptors (Lipinski definition) is 5. The third-order valence-electron chi connectivity index (χ3n) is 2.59. The molecule has 0 saturated carbocycles. The molecule has 2 rings (SSSR count). The molecule has 1 unspecified atom stereocenters. The maximum absolute atomic E-state index is 13.4. The van der Waals surface area contributed by atoms with Gasteiger partial charge in [0.1, 0.15) is 0 Å². The van der Waals surface area contributed by atoms with Crippen LogP contribution >= 0.6 is 0 Å². The molecule has 1 heterocycles. The summed E-state index contributed by atoms with van der Waals surface area (Å²) in [5, 5.41) is 2.57. The van der Waals surface area contributed by atoms with Crippen molar-refractivity contribution in [1.29, 1.82) is 0 Å². The minimum atomic E-state index is -0.871. The molecular weight excluding hydrogens is 277 g/mol. The Labute approximate surface area is 120 Å². The maximum atomic E-state index is 13.4. The van der Waals surface area contributed by atoms with E-state index in [1.54, 1.807) is 12.1 Å². The molecule has 1 N–H and O–H groups in total. The summed E-state index contributed by atoms with van der Waals surface area (Å²) in [6.07, 6.45) is 1.93. The molecule has 0 radical (unpaired) electrons. The van der Waals surface area contributed by atoms with Crippen molar-refractivity contribution in [3.8, 4) is 11.8 Å². The Morgan fingerprint density at radius 2 is 1.95 bits per heavy atom. The summed E-state index contributed by atoms with van der Waals surface area (Å²) < 4.78 is 23.5. The Morgan fingerprint density at radius 3 is 2.57 bits per heavy atom. The van der Waals surface area contributed by atoms with Crippen molar-refractivity contribution < 1.29 is 18.7 Å². The molecule has 1 aromatic carbocycles. The molecule has 0 aliphatic carbocycles. The highest BCUT2D eigenvalue weighted by Gasteiger charge is 2.16. The van der Waals surface area contributed by atoms with E-state index in [1.807, 2.05) is 0 Å². The summed E-state index contributed by atoms with van der Waals surface area (Å²) in [7, 11) is 1.44. The van der Waals surface area contributed by atoms with E-state index < -0.39 is 17.8 Å². The number of methoxy groups -OCH3 is 1. The van der Waals surface area contributed by atoms with Crippen LogP contribution in [0, 0.1) is 5.82 Å². The summed E-state index contributed by atoms with van der Waals surface area (Å²) in [6.45, 7) is 1.52. The van der Waals surface area contributed by atoms with E-state index in [0.29, 0.717) is 5.69 Å². The fourth-order valence-electron chi connectivity index (χ4n) is 1.51. The van der Waals surface area contributed by atoms with Gasteiger partial charge >= 0.3 is 6.01 Å². The van der Waals surface area contributed by atoms with Gasteiger partial charge in [0.2, 0.25) is 0 Å². The Kier molecular flexibility index (Phi) is 4.65. The zero-order valence-electron chi connectivity index (χ0n) is 11.5. The van der Waals surface area contributed by atoms with E-state index in [1.165, 1.54) is 38.6 Å². The largest absolute Gasteiger partial charge is 0.478 e. The smallest absolute Gasteiger partial charge is 0.316 e. The number of aromatic nitrogens is 2. The first-order valence-electron chi connectivity index (χ1n) is 6.18. The number of carbonyl (C=O) groups is 1. The fraction of sp³-hybridized carbons (Fsp3) is 0.214. The second kappa shape index (κ2) is 6.65. The molecule has 0 bridgehead atoms. The van der Waals surface area contributed by atoms with Crippen LogP contribution in [0.3, 0.4) is 0 Å². The quantitative estimate of drug-likeness (QED) is 0.912. The number of nitrogens with one attached hydrogen (secondary N) is 1. The topological polar surface area (TPSA) is 73.3 Å². The van der Waals surface area contributed by atoms with Crippen LogP contribution in [0.15, 0.2) is 36.7 Å². The molecule has 0 fully saturated rings. The molecule has 2 aromatic rings. The van der Waals surface area contributed by atoms with Crippen LogP contribution in [0.1, 0.15) is 6.92 Å². The van der Waals surface area contributed by atoms with Gasteiger partial charge in [-0.3, -0.25) is 4.79 Å². The van der Waals surface area contributed by atoms with E-state index in [4.69, 9.17) is 9.47 Å². The van der Waals surface area contributed by atoms with Gasteiger partial charge in [0.25, 0.3) is 5.91 Å². The zero-order valence-corrected chi connectivity index (χ0v) is 11.5. The maximum Gasteiger partial charge on any atom is 0.316 e. The highest BCUT2D eigenvalue weighted by atomic mass is 19.1. The molecule has 0 spiro atoms. The summed E-state index contributed by atoms with van der Waals surface area (Å²) in [4.78, 5) is 19.7. The summed E-state index contributed by atoms with van der Waals surface area (Å²) >= 11 is 0. The van der Waals surface area contributed by atoms with Crippen molar-refractivity contribution in [2.75, 3.05) is 12.4 Å². The van der Waals surface area contributed by atoms with Gasteiger partial charge in [-0.2, -0.15) is 0 Å². The van der Waals surface area contributed by atoms with Gasteiger partial charge < -0.3 is 14.8 Å². The lowest BCUT2D eigenvalue weighted by molar-refractivity contribution is -0.122. The van der Waals surface area contributed by atoms with Crippen molar-refractivity contribution in [1.82, 2.24) is 9.97 Å². The van der Waals surface area contributed by atoms with E-state index in [0.717, 1.165) is 0 Å². The molecule has 21 heavy (non-hydrogen) atoms. The van der Waals surface area contributed by atoms with Crippen LogP contribution < -0.4 is 14.8 Å². The Bertz CT molecular complexity index is 619. The molecule has 1 atom stereocenters. The van der Waals surface area contributed by atoms with Crippen LogP contribution in [0.5, 0.6) is 11.8 Å². The predicted molar refractivity (Wildman–Crippen MR) is 73.7 cm³/mol. The lowest BCUT2D eigenvalue weighted by Crippen LogP contribution is -2.30. The molecule has 7 heteroatoms. The molecule has 1 aromatic heterocycles. The highest BCUT2D eigenvalue weighted by molar-refractivity contribution is 5.93. The Hall–Kier alpha value is -2.70. The number of benzene rings is 1. The molecule has 0 saturated heterocycles. The van der Waals surface area contributed by atoms with Gasteiger partial charge in [-0.1, -0.05) is 12.1 Å². The number of carbonyl (C=O) groups excluding carboxylic acids is 1. The van der Waals surface area contributed by atoms with E-state index in [-0.39, 0.29) is 11.8 Å². The molecule has 0 aliphatic rings. The number of hydrogen-bond donors (Lipinski definition) is 1. The van der Waals surface area contributed by atoms with Gasteiger partial charge in [-0.25, -0.2) is 14.4 Å². The monoisotopic (exact) mass is 291 g/mol. The molecule has 6 nitrogen and oxygen atoms in total. The number of nitrogens with zero attached hydrogens (tertiary/aromatic N) is 2. The number of para-hydroxylation sites is 1. The molecular formula is C14H14FN3O3. The Balaban J connectivity index is 1.97. The van der Waals surface area contributed by atoms with Gasteiger partial charge in [-0.05, 0) is 19.1 Å². The Morgan fingerprint density at radius 1 is 1.29 bits per heavy atom. The molecule has 1 amide bonds. The fourth-order valence-corrected chi connectivity index (χ4v) is 1.51. The lowest BCUT2D eigenvalue weighted by Gasteiger charge is -2.14. The standard InChI is InChI=1S/C14H14FN3O3/c1-9(21-12-6-4-3-5-11(12)15)13(19)18-10-7-16-14(20-2)17-8-10/h3-9H,1-2H3,(H,18,19). The lowest BCUT2D eigenvalue weighted by atomic mass is 10.3. The summed E-state index contributed by atoms with van der Waals surface area (Å²) in [5.74, 6) is -0.942. The van der Waals surface area contributed by atoms with Crippen molar-refractivity contribution in [2.45, 2.75) is 13.0 Å². The zero-order chi connectivity index (χ0) is 15.2. The third kappa shape index (κ3) is 3.88. The van der Waals surface area contributed by atoms with E-state index in [9.17, 15) is 9.18 Å². The molecule has 110 valence electrons. The molecule has 0 aliphatic heterocycles. The van der Waals surface area contributed by atoms with E-state index >= 15 is 0 Å². The second-order valence-electron chi connectivity index (χ2n) is 4.14. The SMILES string of the molecule is COc1ncc(NC(=O)C(C)Oc2ccccc2F)cn1. The van der Waals surface area contributed by atoms with Crippen LogP contribution in [-0.4, -0.2) is 29.1 Å². The van der Waals surface area contributed by atoms with Crippen molar-refractivity contribution >= 4 is 11.6 Å². The van der Waals surface area contributed by atoms with E-state index in [2.05, 4.69) is 15.3 Å². The van der Waals surface area contributed by atoms with Gasteiger partial charge in [-0.15, -0.1) is 0 Å². The van der Waals surface area contributed by atoms with Crippen LogP contribution in [0.4, 0.5) is 10.1 Å². The average molecular weight is 291 g/mol. The summed E-state index contributed by atoms with van der Waals surface area (Å²) in [6, 6.07) is 6.08. The number of anilines is 1. The van der Waals surface area contributed by atoms with Gasteiger partial charge in [0.15, 0.2) is 17.7 Å². The normalized spacial score (nSPS) is 11.6. The minimum absolute atomic E-state index is 0.0196. The van der Waals surface area contributed by atoms with Crippen LogP contribution in [0.2, 0.25) is 0 Å². The van der Waals surface area contributed by atoms with Crippen LogP contribution in [0.25, 0.3) is 0 Å². The number of halogens is 1. The average Bonchev–Trinajstić information content (AvgIpc) is 2.50. The number of rotatable bonds is 5. The first-order valence-corrected chi connectivity index (χ1v) is 6.18. The summed E-state index contributed by atoms with van der Waals surface area (Å²) in [5.41, 5.74) is 0.393. The third-order valence-corrected chi connectivity index (χ3v) is 2.59. The number of ether oxygens (including phenoxy) is 2. The minimum Gasteiger partial charge on any atom is -0.478 e. The van der Waals surface area contributed by atoms with Gasteiger partial charge in [0.05, 0.1) is 25.2 Å². The van der Waals surface area contributed by atoms with Gasteiger partial charge in [0, 0.05) is 0 Å². The highest BCUT2D eigenvalue weighted by Crippen LogP contribution is 2.17. The van der Waals surface area contributed by atoms with Crippen molar-refractivity contribution in [3.05, 3.63) is 42.5 Å². The van der Waals surface area contributed by atoms with Crippen LogP contribution in [-0.2, 0) is 4.79 Å². The first-order chi connectivity index (χ1) is 10.1. The number of amides is 1.